The molecule has 2 atom stereocenters. The van der Waals surface area contributed by atoms with Gasteiger partial charge in [0.05, 0.1) is 24.9 Å². The van der Waals surface area contributed by atoms with Crippen LogP contribution in [-0.2, 0) is 27.4 Å². The van der Waals surface area contributed by atoms with Crippen molar-refractivity contribution in [2.45, 2.75) is 38.2 Å². The fourth-order valence-electron chi connectivity index (χ4n) is 3.12. The summed E-state index contributed by atoms with van der Waals surface area (Å²) in [5.41, 5.74) is 2.87. The van der Waals surface area contributed by atoms with Crippen LogP contribution in [0.3, 0.4) is 0 Å². The second kappa shape index (κ2) is 6.70. The van der Waals surface area contributed by atoms with Crippen LogP contribution in [0.1, 0.15) is 18.5 Å². The molecule has 2 aliphatic heterocycles. The van der Waals surface area contributed by atoms with Gasteiger partial charge < -0.3 is 14.8 Å². The normalized spacial score (nSPS) is 23.0. The van der Waals surface area contributed by atoms with E-state index in [1.807, 2.05) is 35.0 Å². The monoisotopic (exact) mass is 328 g/mol. The van der Waals surface area contributed by atoms with E-state index in [9.17, 15) is 4.79 Å². The molecule has 24 heavy (non-hydrogen) atoms. The Hall–Kier alpha value is -2.25. The second-order valence-corrected chi connectivity index (χ2v) is 6.11. The number of ether oxygens (including phenoxy) is 2. The lowest BCUT2D eigenvalue weighted by atomic mass is 10.1. The molecule has 1 amide bonds. The van der Waals surface area contributed by atoms with E-state index >= 15 is 0 Å². The maximum absolute atomic E-state index is 12.0. The number of benzene rings is 1. The summed E-state index contributed by atoms with van der Waals surface area (Å²) in [4.78, 5) is 12.0. The van der Waals surface area contributed by atoms with E-state index in [4.69, 9.17) is 9.47 Å². The van der Waals surface area contributed by atoms with Gasteiger partial charge in [-0.3, -0.25) is 4.79 Å². The molecule has 4 rings (SSSR count). The first-order valence-electron chi connectivity index (χ1n) is 8.30. The standard InChI is InChI=1S/C17H20N4O3/c22-17(15-7-4-8-23-15)18-9-13-10-21-14(11-24-13)16(19-20-21)12-5-2-1-3-6-12/h1-3,5-6,13,15H,4,7-11H2,(H,18,22)/t13?,15-/m0/s1. The van der Waals surface area contributed by atoms with E-state index in [-0.39, 0.29) is 18.1 Å². The first kappa shape index (κ1) is 15.3. The van der Waals surface area contributed by atoms with Gasteiger partial charge in [0.1, 0.15) is 11.8 Å². The molecule has 3 heterocycles. The summed E-state index contributed by atoms with van der Waals surface area (Å²) in [6.07, 6.45) is 1.33. The molecular formula is C17H20N4O3. The van der Waals surface area contributed by atoms with E-state index in [1.165, 1.54) is 0 Å². The summed E-state index contributed by atoms with van der Waals surface area (Å²) in [6.45, 7) is 2.15. The van der Waals surface area contributed by atoms with Gasteiger partial charge in [-0.15, -0.1) is 5.10 Å². The van der Waals surface area contributed by atoms with Gasteiger partial charge in [-0.1, -0.05) is 35.5 Å². The highest BCUT2D eigenvalue weighted by atomic mass is 16.5. The minimum Gasteiger partial charge on any atom is -0.368 e. The topological polar surface area (TPSA) is 78.3 Å². The summed E-state index contributed by atoms with van der Waals surface area (Å²) < 4.78 is 13.1. The average Bonchev–Trinajstić information content (AvgIpc) is 3.30. The van der Waals surface area contributed by atoms with Gasteiger partial charge in [0.2, 0.25) is 5.91 Å². The molecule has 1 aromatic carbocycles. The van der Waals surface area contributed by atoms with Gasteiger partial charge in [-0.25, -0.2) is 4.68 Å². The highest BCUT2D eigenvalue weighted by Gasteiger charge is 2.27. The Balaban J connectivity index is 1.38. The lowest BCUT2D eigenvalue weighted by molar-refractivity contribution is -0.131. The SMILES string of the molecule is O=C(NCC1Cn2nnc(-c3ccccc3)c2CO1)[C@@H]1CCCO1. The molecule has 0 aliphatic carbocycles. The van der Waals surface area contributed by atoms with E-state index in [1.54, 1.807) is 0 Å². The Morgan fingerprint density at radius 1 is 1.29 bits per heavy atom. The number of nitrogens with zero attached hydrogens (tertiary/aromatic N) is 3. The van der Waals surface area contributed by atoms with Crippen LogP contribution in [0.2, 0.25) is 0 Å². The fraction of sp³-hybridized carbons (Fsp3) is 0.471. The molecule has 0 saturated carbocycles. The molecular weight excluding hydrogens is 308 g/mol. The molecule has 0 spiro atoms. The summed E-state index contributed by atoms with van der Waals surface area (Å²) in [6, 6.07) is 9.96. The van der Waals surface area contributed by atoms with Crippen molar-refractivity contribution in [3.8, 4) is 11.3 Å². The highest BCUT2D eigenvalue weighted by Crippen LogP contribution is 2.24. The number of aromatic nitrogens is 3. The second-order valence-electron chi connectivity index (χ2n) is 6.11. The molecule has 2 aromatic rings. The van der Waals surface area contributed by atoms with Crippen LogP contribution in [-0.4, -0.2) is 46.3 Å². The predicted octanol–water partition coefficient (Wildman–Crippen LogP) is 1.14. The van der Waals surface area contributed by atoms with Gasteiger partial charge in [0, 0.05) is 18.7 Å². The van der Waals surface area contributed by atoms with Crippen LogP contribution in [0.5, 0.6) is 0 Å². The third-order valence-electron chi connectivity index (χ3n) is 4.44. The Labute approximate surface area is 139 Å². The predicted molar refractivity (Wildman–Crippen MR) is 86.0 cm³/mol. The van der Waals surface area contributed by atoms with Gasteiger partial charge in [0.15, 0.2) is 0 Å². The molecule has 1 saturated heterocycles. The first-order valence-corrected chi connectivity index (χ1v) is 8.30. The summed E-state index contributed by atoms with van der Waals surface area (Å²) in [7, 11) is 0. The van der Waals surface area contributed by atoms with Gasteiger partial charge in [-0.2, -0.15) is 0 Å². The number of carbonyl (C=O) groups is 1. The zero-order chi connectivity index (χ0) is 16.4. The zero-order valence-electron chi connectivity index (χ0n) is 13.4. The van der Waals surface area contributed by atoms with E-state index in [0.29, 0.717) is 26.3 Å². The molecule has 126 valence electrons. The number of fused-ring (bicyclic) bond motifs is 1. The van der Waals surface area contributed by atoms with Gasteiger partial charge in [0.25, 0.3) is 0 Å². The van der Waals surface area contributed by atoms with Crippen molar-refractivity contribution in [2.24, 2.45) is 0 Å². The molecule has 1 N–H and O–H groups in total. The van der Waals surface area contributed by atoms with Gasteiger partial charge in [-0.05, 0) is 12.8 Å². The number of rotatable bonds is 4. The van der Waals surface area contributed by atoms with Crippen molar-refractivity contribution in [3.63, 3.8) is 0 Å². The molecule has 0 radical (unpaired) electrons. The van der Waals surface area contributed by atoms with E-state index < -0.39 is 0 Å². The third kappa shape index (κ3) is 3.05. The molecule has 7 heteroatoms. The molecule has 0 bridgehead atoms. The molecule has 2 aliphatic rings. The average molecular weight is 328 g/mol. The van der Waals surface area contributed by atoms with E-state index in [0.717, 1.165) is 29.8 Å². The smallest absolute Gasteiger partial charge is 0.249 e. The third-order valence-corrected chi connectivity index (χ3v) is 4.44. The van der Waals surface area contributed by atoms with Crippen molar-refractivity contribution in [3.05, 3.63) is 36.0 Å². The number of nitrogens with one attached hydrogen (secondary N) is 1. The quantitative estimate of drug-likeness (QED) is 0.910. The number of hydrogen-bond acceptors (Lipinski definition) is 5. The minimum absolute atomic E-state index is 0.0505. The Kier molecular flexibility index (Phi) is 4.27. The van der Waals surface area contributed by atoms with Crippen LogP contribution in [0.15, 0.2) is 30.3 Å². The van der Waals surface area contributed by atoms with Crippen molar-refractivity contribution in [1.82, 2.24) is 20.3 Å². The largest absolute Gasteiger partial charge is 0.368 e. The van der Waals surface area contributed by atoms with Crippen LogP contribution in [0.25, 0.3) is 11.3 Å². The molecule has 7 nitrogen and oxygen atoms in total. The maximum Gasteiger partial charge on any atom is 0.249 e. The lowest BCUT2D eigenvalue weighted by Gasteiger charge is -2.24. The van der Waals surface area contributed by atoms with Crippen molar-refractivity contribution < 1.29 is 14.3 Å². The minimum atomic E-state index is -0.305. The van der Waals surface area contributed by atoms with Crippen LogP contribution >= 0.6 is 0 Å². The Bertz CT molecular complexity index is 710. The zero-order valence-corrected chi connectivity index (χ0v) is 13.4. The summed E-state index contributed by atoms with van der Waals surface area (Å²) in [5.74, 6) is -0.0505. The maximum atomic E-state index is 12.0. The van der Waals surface area contributed by atoms with Crippen LogP contribution < -0.4 is 5.32 Å². The fourth-order valence-corrected chi connectivity index (χ4v) is 3.12. The highest BCUT2D eigenvalue weighted by molar-refractivity contribution is 5.80. The van der Waals surface area contributed by atoms with Crippen molar-refractivity contribution >= 4 is 5.91 Å². The van der Waals surface area contributed by atoms with Crippen molar-refractivity contribution in [1.29, 1.82) is 0 Å². The molecule has 1 fully saturated rings. The lowest BCUT2D eigenvalue weighted by Crippen LogP contribution is -2.42. The molecule has 1 aromatic heterocycles. The first-order chi connectivity index (χ1) is 11.8. The van der Waals surface area contributed by atoms with Gasteiger partial charge >= 0.3 is 0 Å². The van der Waals surface area contributed by atoms with E-state index in [2.05, 4.69) is 15.6 Å². The summed E-state index contributed by atoms with van der Waals surface area (Å²) in [5, 5.41) is 11.4. The number of carbonyl (C=O) groups excluding carboxylic acids is 1. The van der Waals surface area contributed by atoms with Crippen LogP contribution in [0.4, 0.5) is 0 Å². The number of hydrogen-bond donors (Lipinski definition) is 1. The van der Waals surface area contributed by atoms with Crippen LogP contribution in [0, 0.1) is 0 Å². The Morgan fingerprint density at radius 2 is 2.17 bits per heavy atom. The Morgan fingerprint density at radius 3 is 2.96 bits per heavy atom. The van der Waals surface area contributed by atoms with Crippen molar-refractivity contribution in [2.75, 3.05) is 13.2 Å². The summed E-state index contributed by atoms with van der Waals surface area (Å²) >= 11 is 0. The number of amides is 1. The molecule has 1 unspecified atom stereocenters.